The molecule has 1 aliphatic heterocycles. The van der Waals surface area contributed by atoms with Gasteiger partial charge >= 0.3 is 5.97 Å². The molecule has 0 spiro atoms. The van der Waals surface area contributed by atoms with Gasteiger partial charge in [-0.15, -0.1) is 0 Å². The molecule has 1 amide bonds. The largest absolute Gasteiger partial charge is 0.507 e. The number of rotatable bonds is 5. The topological polar surface area (TPSA) is 105 Å². The van der Waals surface area contributed by atoms with Crippen LogP contribution >= 0.6 is 0 Å². The summed E-state index contributed by atoms with van der Waals surface area (Å²) in [6.07, 6.45) is 0.656. The van der Waals surface area contributed by atoms with Crippen LogP contribution in [0.15, 0.2) is 18.2 Å². The van der Waals surface area contributed by atoms with Crippen LogP contribution in [0.25, 0.3) is 0 Å². The lowest BCUT2D eigenvalue weighted by atomic mass is 9.86. The minimum absolute atomic E-state index is 0.0806. The van der Waals surface area contributed by atoms with Gasteiger partial charge < -0.3 is 25.0 Å². The highest BCUT2D eigenvalue weighted by Crippen LogP contribution is 2.28. The second-order valence-corrected chi connectivity index (χ2v) is 5.30. The Morgan fingerprint density at radius 2 is 2.05 bits per heavy atom. The molecular formula is C15H19NO6. The lowest BCUT2D eigenvalue weighted by Crippen LogP contribution is -2.53. The van der Waals surface area contributed by atoms with Crippen molar-refractivity contribution in [1.29, 1.82) is 0 Å². The average molecular weight is 309 g/mol. The fourth-order valence-corrected chi connectivity index (χ4v) is 2.54. The van der Waals surface area contributed by atoms with Crippen LogP contribution in [0, 0.1) is 0 Å². The number of aromatic hydroxyl groups is 1. The van der Waals surface area contributed by atoms with Crippen molar-refractivity contribution in [3.8, 4) is 11.5 Å². The maximum absolute atomic E-state index is 12.4. The predicted molar refractivity (Wildman–Crippen MR) is 77.2 cm³/mol. The lowest BCUT2D eigenvalue weighted by Gasteiger charge is -2.36. The Bertz CT molecular complexity index is 565. The monoisotopic (exact) mass is 309 g/mol. The van der Waals surface area contributed by atoms with Gasteiger partial charge in [-0.05, 0) is 25.0 Å². The molecule has 22 heavy (non-hydrogen) atoms. The van der Waals surface area contributed by atoms with E-state index < -0.39 is 17.4 Å². The van der Waals surface area contributed by atoms with Crippen molar-refractivity contribution in [1.82, 2.24) is 5.32 Å². The zero-order valence-corrected chi connectivity index (χ0v) is 12.3. The van der Waals surface area contributed by atoms with Gasteiger partial charge in [0.15, 0.2) is 0 Å². The van der Waals surface area contributed by atoms with Gasteiger partial charge in [-0.25, -0.2) is 0 Å². The van der Waals surface area contributed by atoms with Gasteiger partial charge in [-0.3, -0.25) is 9.59 Å². The first-order chi connectivity index (χ1) is 10.5. The summed E-state index contributed by atoms with van der Waals surface area (Å²) in [6, 6.07) is 4.34. The Morgan fingerprint density at radius 1 is 1.36 bits per heavy atom. The van der Waals surface area contributed by atoms with E-state index >= 15 is 0 Å². The predicted octanol–water partition coefficient (Wildman–Crippen LogP) is 1.15. The molecule has 0 aromatic heterocycles. The first-order valence-corrected chi connectivity index (χ1v) is 6.95. The van der Waals surface area contributed by atoms with E-state index in [4.69, 9.17) is 14.6 Å². The number of carbonyl (C=O) groups is 2. The summed E-state index contributed by atoms with van der Waals surface area (Å²) in [5, 5.41) is 21.7. The molecule has 0 atom stereocenters. The molecule has 7 nitrogen and oxygen atoms in total. The van der Waals surface area contributed by atoms with E-state index in [0.29, 0.717) is 31.8 Å². The second kappa shape index (κ2) is 6.65. The number of amides is 1. The van der Waals surface area contributed by atoms with Crippen LogP contribution in [0.3, 0.4) is 0 Å². The highest BCUT2D eigenvalue weighted by Gasteiger charge is 2.37. The molecule has 0 saturated carbocycles. The van der Waals surface area contributed by atoms with Gasteiger partial charge in [0, 0.05) is 19.3 Å². The van der Waals surface area contributed by atoms with Gasteiger partial charge in [-0.1, -0.05) is 0 Å². The molecule has 0 radical (unpaired) electrons. The smallest absolute Gasteiger partial charge is 0.305 e. The van der Waals surface area contributed by atoms with Crippen LogP contribution in [0.5, 0.6) is 11.5 Å². The third kappa shape index (κ3) is 3.67. The van der Waals surface area contributed by atoms with Crippen molar-refractivity contribution < 1.29 is 29.3 Å². The van der Waals surface area contributed by atoms with Gasteiger partial charge in [0.2, 0.25) is 0 Å². The molecule has 120 valence electrons. The van der Waals surface area contributed by atoms with Crippen molar-refractivity contribution in [3.05, 3.63) is 23.8 Å². The molecule has 0 aliphatic carbocycles. The summed E-state index contributed by atoms with van der Waals surface area (Å²) < 4.78 is 10.2. The maximum Gasteiger partial charge on any atom is 0.305 e. The quantitative estimate of drug-likeness (QED) is 0.753. The molecule has 1 aromatic rings. The Balaban J connectivity index is 2.19. The Labute approximate surface area is 127 Å². The first kappa shape index (κ1) is 16.1. The van der Waals surface area contributed by atoms with Crippen molar-refractivity contribution in [3.63, 3.8) is 0 Å². The summed E-state index contributed by atoms with van der Waals surface area (Å²) in [7, 11) is 1.46. The number of carbonyl (C=O) groups excluding carboxylic acids is 1. The number of hydrogen-bond acceptors (Lipinski definition) is 5. The fraction of sp³-hybridized carbons (Fsp3) is 0.467. The summed E-state index contributed by atoms with van der Waals surface area (Å²) >= 11 is 0. The number of carboxylic acids is 1. The first-order valence-electron chi connectivity index (χ1n) is 6.95. The standard InChI is InChI=1S/C15H19NO6/c1-21-10-2-3-11(12(17)8-10)14(20)16-15(9-13(18)19)4-6-22-7-5-15/h2-3,8,17H,4-7,9H2,1H3,(H,16,20)(H,18,19). The SMILES string of the molecule is COc1ccc(C(=O)NC2(CC(=O)O)CCOCC2)c(O)c1. The molecule has 1 fully saturated rings. The molecule has 1 heterocycles. The summed E-state index contributed by atoms with van der Waals surface area (Å²) in [4.78, 5) is 23.5. The Hall–Kier alpha value is -2.28. The van der Waals surface area contributed by atoms with Crippen LogP contribution in [0.1, 0.15) is 29.6 Å². The Kier molecular flexibility index (Phi) is 4.87. The van der Waals surface area contributed by atoms with E-state index in [1.807, 2.05) is 0 Å². The number of hydrogen-bond donors (Lipinski definition) is 3. The van der Waals surface area contributed by atoms with Gasteiger partial charge in [0.05, 0.1) is 24.6 Å². The summed E-state index contributed by atoms with van der Waals surface area (Å²) in [5.74, 6) is -1.28. The molecule has 0 unspecified atom stereocenters. The second-order valence-electron chi connectivity index (χ2n) is 5.30. The maximum atomic E-state index is 12.4. The van der Waals surface area contributed by atoms with Gasteiger partial charge in [0.25, 0.3) is 5.91 Å². The third-order valence-corrected chi connectivity index (χ3v) is 3.77. The number of aliphatic carboxylic acids is 1. The molecule has 1 aromatic carbocycles. The molecule has 2 rings (SSSR count). The highest BCUT2D eigenvalue weighted by atomic mass is 16.5. The summed E-state index contributed by atoms with van der Waals surface area (Å²) in [5.41, 5.74) is -0.773. The van der Waals surface area contributed by atoms with E-state index in [-0.39, 0.29) is 17.7 Å². The van der Waals surface area contributed by atoms with E-state index in [2.05, 4.69) is 5.32 Å². The number of phenols is 1. The van der Waals surface area contributed by atoms with Crippen molar-refractivity contribution in [2.24, 2.45) is 0 Å². The number of nitrogens with one attached hydrogen (secondary N) is 1. The zero-order chi connectivity index (χ0) is 16.2. The normalized spacial score (nSPS) is 16.8. The average Bonchev–Trinajstić information content (AvgIpc) is 2.46. The van der Waals surface area contributed by atoms with Crippen LogP contribution in [-0.4, -0.2) is 48.0 Å². The molecular weight excluding hydrogens is 290 g/mol. The fourth-order valence-electron chi connectivity index (χ4n) is 2.54. The molecule has 1 aliphatic rings. The Morgan fingerprint density at radius 3 is 2.59 bits per heavy atom. The van der Waals surface area contributed by atoms with E-state index in [0.717, 1.165) is 0 Å². The number of carboxylic acid groups (broad SMARTS) is 1. The minimum atomic E-state index is -0.985. The van der Waals surface area contributed by atoms with Crippen LogP contribution in [0.4, 0.5) is 0 Å². The molecule has 3 N–H and O–H groups in total. The summed E-state index contributed by atoms with van der Waals surface area (Å²) in [6.45, 7) is 0.782. The lowest BCUT2D eigenvalue weighted by molar-refractivity contribution is -0.139. The number of benzene rings is 1. The van der Waals surface area contributed by atoms with E-state index in [1.165, 1.54) is 19.2 Å². The van der Waals surface area contributed by atoms with Crippen LogP contribution in [0.2, 0.25) is 0 Å². The van der Waals surface area contributed by atoms with E-state index in [9.17, 15) is 14.7 Å². The zero-order valence-electron chi connectivity index (χ0n) is 12.3. The number of ether oxygens (including phenoxy) is 2. The molecule has 0 bridgehead atoms. The molecule has 7 heteroatoms. The third-order valence-electron chi connectivity index (χ3n) is 3.77. The van der Waals surface area contributed by atoms with Crippen molar-refractivity contribution >= 4 is 11.9 Å². The van der Waals surface area contributed by atoms with Gasteiger partial charge in [0.1, 0.15) is 11.5 Å². The van der Waals surface area contributed by atoms with E-state index in [1.54, 1.807) is 6.07 Å². The molecule has 1 saturated heterocycles. The van der Waals surface area contributed by atoms with Crippen LogP contribution in [-0.2, 0) is 9.53 Å². The number of methoxy groups -OCH3 is 1. The van der Waals surface area contributed by atoms with Crippen LogP contribution < -0.4 is 10.1 Å². The minimum Gasteiger partial charge on any atom is -0.507 e. The highest BCUT2D eigenvalue weighted by molar-refractivity contribution is 5.97. The van der Waals surface area contributed by atoms with Gasteiger partial charge in [-0.2, -0.15) is 0 Å². The van der Waals surface area contributed by atoms with Crippen molar-refractivity contribution in [2.45, 2.75) is 24.8 Å². The number of phenolic OH excluding ortho intramolecular Hbond substituents is 1. The van der Waals surface area contributed by atoms with Crippen molar-refractivity contribution in [2.75, 3.05) is 20.3 Å².